The normalized spacial score (nSPS) is 11.7. The van der Waals surface area contributed by atoms with Gasteiger partial charge in [0.25, 0.3) is 5.91 Å². The van der Waals surface area contributed by atoms with Gasteiger partial charge in [-0.3, -0.25) is 14.8 Å². The minimum absolute atomic E-state index is 0.100. The van der Waals surface area contributed by atoms with Crippen LogP contribution >= 0.6 is 11.5 Å². The number of amidine groups is 1. The lowest BCUT2D eigenvalue weighted by atomic mass is 10.1. The molecule has 0 bridgehead atoms. The van der Waals surface area contributed by atoms with Crippen molar-refractivity contribution in [2.24, 2.45) is 0 Å². The number of benzene rings is 2. The van der Waals surface area contributed by atoms with E-state index in [0.29, 0.717) is 10.7 Å². The van der Waals surface area contributed by atoms with Crippen molar-refractivity contribution in [3.63, 3.8) is 0 Å². The standard InChI is InChI=1S/C24H22N6O3S/c1-13-3-4-15-7-8-30(19(15)9-13)24(33)18-6-5-17(10-16(18)11-25)28-23-20(22(32)29-34-23)21(26)27-12-14(2)31/h3-10,14,28,31H,12H2,1-2H3,(H2,26,27)(H,29,32). The molecule has 34 heavy (non-hydrogen) atoms. The minimum atomic E-state index is -0.671. The fraction of sp³-hybridized carbons (Fsp3) is 0.167. The molecule has 0 saturated heterocycles. The zero-order valence-electron chi connectivity index (χ0n) is 18.5. The summed E-state index contributed by atoms with van der Waals surface area (Å²) in [5.41, 5.74) is 2.88. The van der Waals surface area contributed by atoms with Gasteiger partial charge in [-0.1, -0.05) is 12.1 Å². The molecule has 4 aromatic rings. The van der Waals surface area contributed by atoms with Gasteiger partial charge in [0.1, 0.15) is 22.5 Å². The lowest BCUT2D eigenvalue weighted by Crippen LogP contribution is -2.30. The van der Waals surface area contributed by atoms with Crippen LogP contribution in [0, 0.1) is 23.7 Å². The van der Waals surface area contributed by atoms with Gasteiger partial charge in [0.05, 0.1) is 22.7 Å². The van der Waals surface area contributed by atoms with E-state index in [0.717, 1.165) is 28.0 Å². The summed E-state index contributed by atoms with van der Waals surface area (Å²) in [4.78, 5) is 13.2. The van der Waals surface area contributed by atoms with Crippen LogP contribution in [0.2, 0.25) is 0 Å². The highest BCUT2D eigenvalue weighted by Crippen LogP contribution is 2.33. The van der Waals surface area contributed by atoms with Gasteiger partial charge in [-0.2, -0.15) is 9.64 Å². The molecule has 1 atom stereocenters. The molecule has 10 heteroatoms. The van der Waals surface area contributed by atoms with Crippen molar-refractivity contribution in [1.29, 1.82) is 10.7 Å². The molecule has 2 aromatic heterocycles. The number of aromatic nitrogens is 2. The molecular weight excluding hydrogens is 452 g/mol. The first-order valence-electron chi connectivity index (χ1n) is 10.4. The predicted molar refractivity (Wildman–Crippen MR) is 131 cm³/mol. The first-order chi connectivity index (χ1) is 16.3. The van der Waals surface area contributed by atoms with Gasteiger partial charge in [-0.25, -0.2) is 0 Å². The third kappa shape index (κ3) is 4.47. The summed E-state index contributed by atoms with van der Waals surface area (Å²) in [6.45, 7) is 3.67. The van der Waals surface area contributed by atoms with Crippen LogP contribution in [-0.4, -0.2) is 43.5 Å². The van der Waals surface area contributed by atoms with Crippen LogP contribution in [0.25, 0.3) is 10.9 Å². The Morgan fingerprint density at radius 1 is 1.29 bits per heavy atom. The summed E-state index contributed by atoms with van der Waals surface area (Å²) in [5.74, 6) is -0.738. The quantitative estimate of drug-likeness (QED) is 0.211. The van der Waals surface area contributed by atoms with Crippen LogP contribution in [0.15, 0.2) is 48.7 Å². The second kappa shape index (κ2) is 9.35. The van der Waals surface area contributed by atoms with Gasteiger partial charge >= 0.3 is 0 Å². The molecular formula is C24H22N6O3S. The zero-order valence-corrected chi connectivity index (χ0v) is 19.3. The number of aromatic hydroxyl groups is 1. The van der Waals surface area contributed by atoms with Crippen LogP contribution in [0.3, 0.4) is 0 Å². The van der Waals surface area contributed by atoms with Crippen molar-refractivity contribution in [3.05, 3.63) is 70.9 Å². The molecule has 1 unspecified atom stereocenters. The zero-order chi connectivity index (χ0) is 24.4. The molecule has 5 N–H and O–H groups in total. The van der Waals surface area contributed by atoms with Gasteiger partial charge < -0.3 is 20.8 Å². The third-order valence-corrected chi connectivity index (χ3v) is 5.95. The molecule has 2 aromatic carbocycles. The van der Waals surface area contributed by atoms with Crippen molar-refractivity contribution >= 4 is 44.9 Å². The summed E-state index contributed by atoms with van der Waals surface area (Å²) in [6, 6.07) is 14.5. The molecule has 172 valence electrons. The Hall–Kier alpha value is -4.20. The monoisotopic (exact) mass is 474 g/mol. The number of aliphatic hydroxyl groups is 1. The van der Waals surface area contributed by atoms with Crippen LogP contribution in [0.4, 0.5) is 10.7 Å². The average Bonchev–Trinajstić information content (AvgIpc) is 3.39. The molecule has 0 spiro atoms. The highest BCUT2D eigenvalue weighted by molar-refractivity contribution is 7.11. The average molecular weight is 475 g/mol. The van der Waals surface area contributed by atoms with Crippen molar-refractivity contribution in [2.75, 3.05) is 11.9 Å². The van der Waals surface area contributed by atoms with E-state index < -0.39 is 6.10 Å². The van der Waals surface area contributed by atoms with Gasteiger partial charge in [0.15, 0.2) is 0 Å². The number of carbonyl (C=O) groups excluding carboxylic acids is 1. The first-order valence-corrected chi connectivity index (χ1v) is 11.2. The van der Waals surface area contributed by atoms with E-state index in [2.05, 4.69) is 21.1 Å². The van der Waals surface area contributed by atoms with Crippen molar-refractivity contribution < 1.29 is 15.0 Å². The maximum atomic E-state index is 13.2. The highest BCUT2D eigenvalue weighted by atomic mass is 32.1. The second-order valence-corrected chi connectivity index (χ2v) is 8.64. The molecule has 0 aliphatic rings. The number of fused-ring (bicyclic) bond motifs is 1. The summed E-state index contributed by atoms with van der Waals surface area (Å²) in [7, 11) is 0. The number of hydrogen-bond acceptors (Lipinski definition) is 8. The van der Waals surface area contributed by atoms with E-state index in [4.69, 9.17) is 5.41 Å². The molecule has 4 rings (SSSR count). The Bertz CT molecular complexity index is 1450. The van der Waals surface area contributed by atoms with Crippen LogP contribution in [-0.2, 0) is 0 Å². The number of nitriles is 1. The Kier molecular flexibility index (Phi) is 6.32. The van der Waals surface area contributed by atoms with Crippen molar-refractivity contribution in [2.45, 2.75) is 20.0 Å². The number of aryl methyl sites for hydroxylation is 1. The number of nitrogens with zero attached hydrogens (tertiary/aromatic N) is 3. The van der Waals surface area contributed by atoms with E-state index in [1.807, 2.05) is 31.2 Å². The summed E-state index contributed by atoms with van der Waals surface area (Å²) >= 11 is 0.950. The summed E-state index contributed by atoms with van der Waals surface area (Å²) in [6.07, 6.45) is 1.02. The second-order valence-electron chi connectivity index (χ2n) is 7.87. The van der Waals surface area contributed by atoms with Crippen LogP contribution in [0.5, 0.6) is 5.88 Å². The van der Waals surface area contributed by atoms with Gasteiger partial charge in [0.2, 0.25) is 5.88 Å². The summed E-state index contributed by atoms with van der Waals surface area (Å²) < 4.78 is 5.42. The molecule has 0 aliphatic carbocycles. The lowest BCUT2D eigenvalue weighted by molar-refractivity contribution is 0.0964. The molecule has 0 amide bonds. The largest absolute Gasteiger partial charge is 0.492 e. The molecule has 0 fully saturated rings. The molecule has 0 saturated carbocycles. The smallest absolute Gasteiger partial charge is 0.263 e. The predicted octanol–water partition coefficient (Wildman–Crippen LogP) is 3.71. The van der Waals surface area contributed by atoms with E-state index in [-0.39, 0.29) is 40.9 Å². The fourth-order valence-electron chi connectivity index (χ4n) is 3.51. The topological polar surface area (TPSA) is 147 Å². The third-order valence-electron chi connectivity index (χ3n) is 5.19. The number of aliphatic hydroxyl groups excluding tert-OH is 1. The molecule has 9 nitrogen and oxygen atoms in total. The minimum Gasteiger partial charge on any atom is -0.492 e. The molecule has 0 aliphatic heterocycles. The number of rotatable bonds is 6. The Morgan fingerprint density at radius 2 is 2.09 bits per heavy atom. The van der Waals surface area contributed by atoms with Gasteiger partial charge in [0, 0.05) is 23.8 Å². The van der Waals surface area contributed by atoms with Crippen LogP contribution < -0.4 is 10.6 Å². The SMILES string of the molecule is Cc1ccc2ccn(C(=O)c3ccc(Nc4snc(O)c4C(=N)NCC(C)O)cc3C#N)c2c1. The van der Waals surface area contributed by atoms with Crippen molar-refractivity contribution in [1.82, 2.24) is 14.3 Å². The van der Waals surface area contributed by atoms with E-state index in [1.165, 1.54) is 10.6 Å². The number of anilines is 2. The van der Waals surface area contributed by atoms with E-state index in [1.54, 1.807) is 25.3 Å². The number of carbonyl (C=O) groups is 1. The maximum absolute atomic E-state index is 13.2. The van der Waals surface area contributed by atoms with E-state index >= 15 is 0 Å². The highest BCUT2D eigenvalue weighted by Gasteiger charge is 2.20. The first kappa shape index (κ1) is 23.0. The Labute approximate surface area is 199 Å². The Balaban J connectivity index is 1.63. The molecule has 2 heterocycles. The lowest BCUT2D eigenvalue weighted by Gasteiger charge is -2.12. The van der Waals surface area contributed by atoms with Crippen LogP contribution in [0.1, 0.15) is 34.0 Å². The van der Waals surface area contributed by atoms with Gasteiger partial charge in [-0.05, 0) is 61.3 Å². The number of nitrogens with one attached hydrogen (secondary N) is 3. The fourth-order valence-corrected chi connectivity index (χ4v) is 4.23. The van der Waals surface area contributed by atoms with Gasteiger partial charge in [-0.15, -0.1) is 0 Å². The summed E-state index contributed by atoms with van der Waals surface area (Å²) in [5, 5.41) is 44.5. The van der Waals surface area contributed by atoms with Crippen molar-refractivity contribution in [3.8, 4) is 11.9 Å². The Morgan fingerprint density at radius 3 is 2.82 bits per heavy atom. The van der Waals surface area contributed by atoms with E-state index in [9.17, 15) is 20.3 Å². The number of hydrogen-bond donors (Lipinski definition) is 5. The maximum Gasteiger partial charge on any atom is 0.263 e. The molecule has 0 radical (unpaired) electrons.